The van der Waals surface area contributed by atoms with Crippen LogP contribution in [-0.2, 0) is 0 Å². The minimum atomic E-state index is -0.333. The quantitative estimate of drug-likeness (QED) is 0.436. The third-order valence-electron chi connectivity index (χ3n) is 5.92. The maximum absolute atomic E-state index is 12.1. The molecule has 0 aliphatic carbocycles. The molecule has 0 radical (unpaired) electrons. The van der Waals surface area contributed by atoms with Gasteiger partial charge in [-0.2, -0.15) is 0 Å². The van der Waals surface area contributed by atoms with Crippen LogP contribution in [0.2, 0.25) is 0 Å². The zero-order valence-electron chi connectivity index (χ0n) is 17.8. The van der Waals surface area contributed by atoms with Gasteiger partial charge >= 0.3 is 5.63 Å². The molecule has 5 nitrogen and oxygen atoms in total. The Morgan fingerprint density at radius 2 is 1.72 bits per heavy atom. The number of hydrogen-bond acceptors (Lipinski definition) is 5. The van der Waals surface area contributed by atoms with Crippen molar-refractivity contribution in [2.45, 2.75) is 18.9 Å². The van der Waals surface area contributed by atoms with Gasteiger partial charge in [0.15, 0.2) is 0 Å². The van der Waals surface area contributed by atoms with Crippen molar-refractivity contribution < 1.29 is 4.42 Å². The molecular weight excluding hydrogens is 398 g/mol. The maximum atomic E-state index is 12.1. The SMILES string of the molecule is O=c1cc(NC2CCN(/C=C/c3ccccc3)CC2)c2cc(-c3ccncc3)ccc2o1. The van der Waals surface area contributed by atoms with Gasteiger partial charge in [0.1, 0.15) is 5.58 Å². The fraction of sp³-hybridized carbons (Fsp3) is 0.185. The van der Waals surface area contributed by atoms with Crippen LogP contribution in [0, 0.1) is 0 Å². The normalized spacial score (nSPS) is 14.8. The van der Waals surface area contributed by atoms with E-state index in [9.17, 15) is 4.79 Å². The third kappa shape index (κ3) is 4.57. The molecule has 0 atom stereocenters. The van der Waals surface area contributed by atoms with Gasteiger partial charge in [-0.25, -0.2) is 4.79 Å². The molecule has 0 saturated carbocycles. The zero-order valence-corrected chi connectivity index (χ0v) is 17.8. The highest BCUT2D eigenvalue weighted by Gasteiger charge is 2.18. The zero-order chi connectivity index (χ0) is 21.8. The van der Waals surface area contributed by atoms with E-state index in [2.05, 4.69) is 57.8 Å². The lowest BCUT2D eigenvalue weighted by molar-refractivity contribution is 0.295. The lowest BCUT2D eigenvalue weighted by Gasteiger charge is -2.32. The fourth-order valence-electron chi connectivity index (χ4n) is 4.17. The highest BCUT2D eigenvalue weighted by Crippen LogP contribution is 2.29. The van der Waals surface area contributed by atoms with Crippen molar-refractivity contribution in [3.8, 4) is 11.1 Å². The minimum absolute atomic E-state index is 0.311. The summed E-state index contributed by atoms with van der Waals surface area (Å²) >= 11 is 0. The number of piperidine rings is 1. The van der Waals surface area contributed by atoms with Crippen molar-refractivity contribution in [2.24, 2.45) is 0 Å². The van der Waals surface area contributed by atoms with E-state index in [0.717, 1.165) is 48.1 Å². The molecule has 1 fully saturated rings. The lowest BCUT2D eigenvalue weighted by atomic mass is 10.0. The molecule has 1 aliphatic heterocycles. The summed E-state index contributed by atoms with van der Waals surface area (Å²) in [6.45, 7) is 1.95. The van der Waals surface area contributed by atoms with Crippen LogP contribution in [0.3, 0.4) is 0 Å². The third-order valence-corrected chi connectivity index (χ3v) is 5.92. The monoisotopic (exact) mass is 423 g/mol. The summed E-state index contributed by atoms with van der Waals surface area (Å²) in [7, 11) is 0. The van der Waals surface area contributed by atoms with Crippen LogP contribution in [0.4, 0.5) is 5.69 Å². The Bertz CT molecular complexity index is 1270. The van der Waals surface area contributed by atoms with Gasteiger partial charge in [0.05, 0.1) is 5.69 Å². The van der Waals surface area contributed by atoms with Gasteiger partial charge in [-0.05, 0) is 66.1 Å². The van der Waals surface area contributed by atoms with Crippen molar-refractivity contribution in [2.75, 3.05) is 18.4 Å². The number of anilines is 1. The fourth-order valence-corrected chi connectivity index (χ4v) is 4.17. The number of nitrogens with zero attached hydrogens (tertiary/aromatic N) is 2. The Kier molecular flexibility index (Phi) is 5.71. The van der Waals surface area contributed by atoms with E-state index >= 15 is 0 Å². The van der Waals surface area contributed by atoms with E-state index in [-0.39, 0.29) is 5.63 Å². The number of likely N-dealkylation sites (tertiary alicyclic amines) is 1. The highest BCUT2D eigenvalue weighted by molar-refractivity contribution is 5.93. The number of aromatic nitrogens is 1. The van der Waals surface area contributed by atoms with E-state index in [0.29, 0.717) is 11.6 Å². The summed E-state index contributed by atoms with van der Waals surface area (Å²) < 4.78 is 5.45. The van der Waals surface area contributed by atoms with Gasteiger partial charge < -0.3 is 14.6 Å². The smallest absolute Gasteiger partial charge is 0.338 e. The summed E-state index contributed by atoms with van der Waals surface area (Å²) in [5, 5.41) is 4.54. The number of pyridine rings is 1. The molecule has 32 heavy (non-hydrogen) atoms. The van der Waals surface area contributed by atoms with E-state index in [4.69, 9.17) is 4.42 Å². The van der Waals surface area contributed by atoms with Crippen LogP contribution in [0.5, 0.6) is 0 Å². The van der Waals surface area contributed by atoms with E-state index in [1.54, 1.807) is 18.5 Å². The molecule has 160 valence electrons. The van der Waals surface area contributed by atoms with Crippen LogP contribution in [0.25, 0.3) is 28.2 Å². The summed E-state index contributed by atoms with van der Waals surface area (Å²) in [6, 6.07) is 22.1. The van der Waals surface area contributed by atoms with Gasteiger partial charge in [-0.1, -0.05) is 36.4 Å². The Balaban J connectivity index is 1.32. The average Bonchev–Trinajstić information content (AvgIpc) is 2.84. The highest BCUT2D eigenvalue weighted by atomic mass is 16.4. The standard InChI is InChI=1S/C27H25N3O2/c31-27-19-25(24-18-22(6-7-26(24)32-27)21-8-13-28-14-9-21)29-23-11-16-30(17-12-23)15-10-20-4-2-1-3-5-20/h1-10,13-15,18-19,23,29H,11-12,16-17H2/b15-10+. The molecule has 1 saturated heterocycles. The Labute approximate surface area is 187 Å². The number of rotatable bonds is 5. The largest absolute Gasteiger partial charge is 0.423 e. The number of fused-ring (bicyclic) bond motifs is 1. The molecule has 1 N–H and O–H groups in total. The molecule has 5 heteroatoms. The molecule has 2 aromatic carbocycles. The van der Waals surface area contributed by atoms with Gasteiger partial charge in [0.25, 0.3) is 0 Å². The second-order valence-corrected chi connectivity index (χ2v) is 8.11. The van der Waals surface area contributed by atoms with Gasteiger partial charge in [-0.3, -0.25) is 4.98 Å². The number of nitrogens with one attached hydrogen (secondary N) is 1. The molecular formula is C27H25N3O2. The van der Waals surface area contributed by atoms with Crippen LogP contribution >= 0.6 is 0 Å². The Hall–Kier alpha value is -3.86. The first-order chi connectivity index (χ1) is 15.7. The molecule has 2 aromatic heterocycles. The van der Waals surface area contributed by atoms with Crippen LogP contribution in [-0.4, -0.2) is 29.0 Å². The topological polar surface area (TPSA) is 58.4 Å². The van der Waals surface area contributed by atoms with Crippen molar-refractivity contribution in [3.05, 3.63) is 101 Å². The second kappa shape index (κ2) is 9.10. The average molecular weight is 424 g/mol. The van der Waals surface area contributed by atoms with E-state index in [1.165, 1.54) is 5.56 Å². The van der Waals surface area contributed by atoms with Crippen molar-refractivity contribution >= 4 is 22.7 Å². The van der Waals surface area contributed by atoms with Crippen molar-refractivity contribution in [3.63, 3.8) is 0 Å². The second-order valence-electron chi connectivity index (χ2n) is 8.11. The Morgan fingerprint density at radius 3 is 2.50 bits per heavy atom. The first kappa shape index (κ1) is 20.1. The molecule has 0 amide bonds. The van der Waals surface area contributed by atoms with Crippen LogP contribution in [0.15, 0.2) is 94.5 Å². The van der Waals surface area contributed by atoms with Gasteiger partial charge in [-0.15, -0.1) is 0 Å². The predicted octanol–water partition coefficient (Wildman–Crippen LogP) is 5.40. The minimum Gasteiger partial charge on any atom is -0.423 e. The van der Waals surface area contributed by atoms with Crippen LogP contribution in [0.1, 0.15) is 18.4 Å². The molecule has 3 heterocycles. The maximum Gasteiger partial charge on any atom is 0.338 e. The van der Waals surface area contributed by atoms with E-state index in [1.807, 2.05) is 30.3 Å². The summed E-state index contributed by atoms with van der Waals surface area (Å²) in [4.78, 5) is 18.6. The molecule has 4 aromatic rings. The predicted molar refractivity (Wildman–Crippen MR) is 129 cm³/mol. The van der Waals surface area contributed by atoms with Gasteiger partial charge in [0, 0.05) is 43.0 Å². The lowest BCUT2D eigenvalue weighted by Crippen LogP contribution is -2.36. The van der Waals surface area contributed by atoms with Crippen molar-refractivity contribution in [1.29, 1.82) is 0 Å². The number of benzene rings is 2. The summed E-state index contributed by atoms with van der Waals surface area (Å²) in [5.41, 5.74) is 4.46. The molecule has 5 rings (SSSR count). The molecule has 0 bridgehead atoms. The summed E-state index contributed by atoms with van der Waals surface area (Å²) in [6.07, 6.45) is 9.91. The van der Waals surface area contributed by atoms with E-state index < -0.39 is 0 Å². The first-order valence-corrected chi connectivity index (χ1v) is 11.0. The Morgan fingerprint density at radius 1 is 0.938 bits per heavy atom. The molecule has 0 spiro atoms. The first-order valence-electron chi connectivity index (χ1n) is 11.0. The molecule has 0 unspecified atom stereocenters. The van der Waals surface area contributed by atoms with Gasteiger partial charge in [0.2, 0.25) is 0 Å². The van der Waals surface area contributed by atoms with Crippen molar-refractivity contribution in [1.82, 2.24) is 9.88 Å². The van der Waals surface area contributed by atoms with Crippen LogP contribution < -0.4 is 10.9 Å². The molecule has 1 aliphatic rings. The number of hydrogen-bond donors (Lipinski definition) is 1. The summed E-state index contributed by atoms with van der Waals surface area (Å²) in [5.74, 6) is 0.